The number of rotatable bonds is 3. The fourth-order valence-electron chi connectivity index (χ4n) is 1.22. The molecular formula is C11H9F3O2. The molecule has 0 unspecified atom stereocenters. The molecule has 1 aromatic carbocycles. The van der Waals surface area contributed by atoms with Crippen molar-refractivity contribution in [1.29, 1.82) is 0 Å². The molecule has 1 rings (SSSR count). The second-order valence-electron chi connectivity index (χ2n) is 3.31. The lowest BCUT2D eigenvalue weighted by Crippen LogP contribution is -2.33. The molecule has 0 saturated carbocycles. The Morgan fingerprint density at radius 1 is 1.12 bits per heavy atom. The van der Waals surface area contributed by atoms with Crippen LogP contribution in [0.3, 0.4) is 0 Å². The van der Waals surface area contributed by atoms with Gasteiger partial charge in [0, 0.05) is 5.56 Å². The molecule has 0 aliphatic rings. The topological polar surface area (TPSA) is 34.1 Å². The fourth-order valence-corrected chi connectivity index (χ4v) is 1.22. The average molecular weight is 230 g/mol. The number of Topliss-reactive ketones (excluding diaryl/α,β-unsaturated/α-hetero) is 2. The number of hydrogen-bond donors (Lipinski definition) is 0. The summed E-state index contributed by atoms with van der Waals surface area (Å²) in [4.78, 5) is 22.3. The summed E-state index contributed by atoms with van der Waals surface area (Å²) < 4.78 is 36.2. The van der Waals surface area contributed by atoms with Crippen LogP contribution in [0.4, 0.5) is 13.2 Å². The highest BCUT2D eigenvalue weighted by atomic mass is 19.4. The molecule has 16 heavy (non-hydrogen) atoms. The normalized spacial score (nSPS) is 13.2. The van der Waals surface area contributed by atoms with E-state index in [1.165, 1.54) is 24.3 Å². The molecule has 0 N–H and O–H groups in total. The first-order chi connectivity index (χ1) is 7.34. The zero-order chi connectivity index (χ0) is 12.3. The van der Waals surface area contributed by atoms with Gasteiger partial charge in [-0.1, -0.05) is 30.3 Å². The number of carbonyl (C=O) groups is 2. The van der Waals surface area contributed by atoms with E-state index >= 15 is 0 Å². The summed E-state index contributed by atoms with van der Waals surface area (Å²) in [7, 11) is 0. The molecule has 0 heterocycles. The van der Waals surface area contributed by atoms with Crippen molar-refractivity contribution in [3.05, 3.63) is 35.9 Å². The third-order valence-electron chi connectivity index (χ3n) is 2.12. The van der Waals surface area contributed by atoms with Crippen molar-refractivity contribution in [1.82, 2.24) is 0 Å². The van der Waals surface area contributed by atoms with Gasteiger partial charge in [0.25, 0.3) is 0 Å². The van der Waals surface area contributed by atoms with E-state index in [0.29, 0.717) is 0 Å². The van der Waals surface area contributed by atoms with Crippen molar-refractivity contribution in [2.75, 3.05) is 0 Å². The summed E-state index contributed by atoms with van der Waals surface area (Å²) in [6.45, 7) is 0.963. The molecular weight excluding hydrogens is 221 g/mol. The van der Waals surface area contributed by atoms with Crippen LogP contribution >= 0.6 is 0 Å². The SMILES string of the molecule is C[C@H](C(=O)c1ccccc1)C(=O)C(F)(F)F. The van der Waals surface area contributed by atoms with Crippen molar-refractivity contribution in [2.24, 2.45) is 5.92 Å². The Balaban J connectivity index is 2.88. The minimum atomic E-state index is -4.97. The van der Waals surface area contributed by atoms with E-state index in [2.05, 4.69) is 0 Å². The van der Waals surface area contributed by atoms with Gasteiger partial charge in [-0.05, 0) is 6.92 Å². The second-order valence-corrected chi connectivity index (χ2v) is 3.31. The van der Waals surface area contributed by atoms with Crippen LogP contribution < -0.4 is 0 Å². The van der Waals surface area contributed by atoms with Gasteiger partial charge in [0.05, 0.1) is 5.92 Å². The molecule has 0 saturated heterocycles. The molecule has 0 fully saturated rings. The van der Waals surface area contributed by atoms with Gasteiger partial charge in [-0.3, -0.25) is 9.59 Å². The number of ketones is 2. The largest absolute Gasteiger partial charge is 0.450 e. The van der Waals surface area contributed by atoms with Gasteiger partial charge in [-0.2, -0.15) is 13.2 Å². The zero-order valence-corrected chi connectivity index (χ0v) is 8.41. The third-order valence-corrected chi connectivity index (χ3v) is 2.12. The molecule has 2 nitrogen and oxygen atoms in total. The molecule has 0 spiro atoms. The molecule has 0 aromatic heterocycles. The lowest BCUT2D eigenvalue weighted by atomic mass is 9.95. The van der Waals surface area contributed by atoms with Gasteiger partial charge in [0.15, 0.2) is 5.78 Å². The van der Waals surface area contributed by atoms with Crippen LogP contribution in [0.2, 0.25) is 0 Å². The van der Waals surface area contributed by atoms with E-state index in [1.54, 1.807) is 6.07 Å². The van der Waals surface area contributed by atoms with Crippen molar-refractivity contribution < 1.29 is 22.8 Å². The van der Waals surface area contributed by atoms with E-state index in [4.69, 9.17) is 0 Å². The molecule has 0 amide bonds. The Morgan fingerprint density at radius 3 is 2.06 bits per heavy atom. The van der Waals surface area contributed by atoms with Gasteiger partial charge >= 0.3 is 6.18 Å². The van der Waals surface area contributed by atoms with Crippen LogP contribution in [0, 0.1) is 5.92 Å². The Hall–Kier alpha value is -1.65. The van der Waals surface area contributed by atoms with E-state index in [1.807, 2.05) is 0 Å². The van der Waals surface area contributed by atoms with E-state index < -0.39 is 23.7 Å². The smallest absolute Gasteiger partial charge is 0.293 e. The van der Waals surface area contributed by atoms with Crippen molar-refractivity contribution in [2.45, 2.75) is 13.1 Å². The van der Waals surface area contributed by atoms with Crippen LogP contribution in [0.5, 0.6) is 0 Å². The lowest BCUT2D eigenvalue weighted by molar-refractivity contribution is -0.173. The van der Waals surface area contributed by atoms with Crippen LogP contribution in [0.15, 0.2) is 30.3 Å². The minimum absolute atomic E-state index is 0.104. The highest BCUT2D eigenvalue weighted by molar-refractivity contribution is 6.11. The Kier molecular flexibility index (Phi) is 3.47. The van der Waals surface area contributed by atoms with Gasteiger partial charge in [-0.25, -0.2) is 0 Å². The summed E-state index contributed by atoms with van der Waals surface area (Å²) in [5.74, 6) is -4.52. The average Bonchev–Trinajstić information content (AvgIpc) is 2.26. The predicted molar refractivity (Wildman–Crippen MR) is 51.0 cm³/mol. The molecule has 1 atom stereocenters. The minimum Gasteiger partial charge on any atom is -0.293 e. The van der Waals surface area contributed by atoms with Crippen LogP contribution in [-0.2, 0) is 4.79 Å². The Labute approximate surface area is 90.1 Å². The third kappa shape index (κ3) is 2.68. The molecule has 0 bridgehead atoms. The number of benzene rings is 1. The van der Waals surface area contributed by atoms with Gasteiger partial charge in [0.1, 0.15) is 0 Å². The van der Waals surface area contributed by atoms with Crippen LogP contribution in [0.1, 0.15) is 17.3 Å². The first-order valence-corrected chi connectivity index (χ1v) is 4.54. The zero-order valence-electron chi connectivity index (χ0n) is 8.41. The molecule has 5 heteroatoms. The van der Waals surface area contributed by atoms with Crippen molar-refractivity contribution >= 4 is 11.6 Å². The van der Waals surface area contributed by atoms with Crippen molar-refractivity contribution in [3.63, 3.8) is 0 Å². The lowest BCUT2D eigenvalue weighted by Gasteiger charge is -2.11. The second kappa shape index (κ2) is 4.47. The highest BCUT2D eigenvalue weighted by Gasteiger charge is 2.44. The van der Waals surface area contributed by atoms with Gasteiger partial charge in [-0.15, -0.1) is 0 Å². The number of halogens is 3. The van der Waals surface area contributed by atoms with Crippen LogP contribution in [0.25, 0.3) is 0 Å². The summed E-state index contributed by atoms with van der Waals surface area (Å²) >= 11 is 0. The van der Waals surface area contributed by atoms with E-state index in [0.717, 1.165) is 6.92 Å². The quantitative estimate of drug-likeness (QED) is 0.590. The Morgan fingerprint density at radius 2 is 1.62 bits per heavy atom. The molecule has 0 aliphatic heterocycles. The van der Waals surface area contributed by atoms with E-state index in [9.17, 15) is 22.8 Å². The first-order valence-electron chi connectivity index (χ1n) is 4.54. The molecule has 0 radical (unpaired) electrons. The van der Waals surface area contributed by atoms with Gasteiger partial charge < -0.3 is 0 Å². The first kappa shape index (κ1) is 12.4. The maximum atomic E-state index is 12.1. The number of alkyl halides is 3. The van der Waals surface area contributed by atoms with Crippen LogP contribution in [-0.4, -0.2) is 17.7 Å². The monoisotopic (exact) mass is 230 g/mol. The maximum absolute atomic E-state index is 12.1. The predicted octanol–water partition coefficient (Wildman–Crippen LogP) is 2.64. The summed E-state index contributed by atoms with van der Waals surface area (Å²) in [5, 5.41) is 0. The molecule has 0 aliphatic carbocycles. The molecule has 86 valence electrons. The number of carbonyl (C=O) groups excluding carboxylic acids is 2. The van der Waals surface area contributed by atoms with Crippen molar-refractivity contribution in [3.8, 4) is 0 Å². The summed E-state index contributed by atoms with van der Waals surface area (Å²) in [5.41, 5.74) is 0.104. The standard InChI is InChI=1S/C11H9F3O2/c1-7(10(16)11(12,13)14)9(15)8-5-3-2-4-6-8/h2-7H,1H3/t7-/m1/s1. The molecule has 1 aromatic rings. The Bertz CT molecular complexity index is 395. The summed E-state index contributed by atoms with van der Waals surface area (Å²) in [6.07, 6.45) is -4.97. The fraction of sp³-hybridized carbons (Fsp3) is 0.273. The highest BCUT2D eigenvalue weighted by Crippen LogP contribution is 2.23. The van der Waals surface area contributed by atoms with Gasteiger partial charge in [0.2, 0.25) is 5.78 Å². The summed E-state index contributed by atoms with van der Waals surface area (Å²) in [6, 6.07) is 7.44. The number of hydrogen-bond acceptors (Lipinski definition) is 2. The maximum Gasteiger partial charge on any atom is 0.450 e. The van der Waals surface area contributed by atoms with E-state index in [-0.39, 0.29) is 5.56 Å².